The molecule has 2 heterocycles. The Kier molecular flexibility index (Phi) is 3.78. The maximum Gasteiger partial charge on any atom is 0.146 e. The van der Waals surface area contributed by atoms with Crippen LogP contribution < -0.4 is 0 Å². The molecule has 1 aliphatic heterocycles. The van der Waals surface area contributed by atoms with Gasteiger partial charge in [0.05, 0.1) is 18.2 Å². The van der Waals surface area contributed by atoms with Crippen molar-refractivity contribution >= 4 is 22.5 Å². The highest BCUT2D eigenvalue weighted by atomic mass is 35.5. The molecule has 1 unspecified atom stereocenters. The molecule has 0 amide bonds. The zero-order valence-corrected chi connectivity index (χ0v) is 12.1. The van der Waals surface area contributed by atoms with E-state index >= 15 is 0 Å². The summed E-state index contributed by atoms with van der Waals surface area (Å²) in [6, 6.07) is 5.62. The monoisotopic (exact) mass is 292 g/mol. The molecule has 106 valence electrons. The van der Waals surface area contributed by atoms with Crippen molar-refractivity contribution < 1.29 is 9.84 Å². The maximum atomic E-state index is 10.5. The van der Waals surface area contributed by atoms with Crippen molar-refractivity contribution in [1.29, 1.82) is 0 Å². The molecule has 5 heteroatoms. The van der Waals surface area contributed by atoms with E-state index in [1.807, 2.05) is 18.2 Å². The fourth-order valence-electron chi connectivity index (χ4n) is 2.69. The van der Waals surface area contributed by atoms with E-state index in [2.05, 4.69) is 16.8 Å². The van der Waals surface area contributed by atoms with Crippen molar-refractivity contribution in [3.63, 3.8) is 0 Å². The van der Waals surface area contributed by atoms with Gasteiger partial charge in [-0.15, -0.1) is 0 Å². The number of hydrogen-bond donors (Lipinski definition) is 1. The number of halogens is 1. The topological polar surface area (TPSA) is 45.6 Å². The third kappa shape index (κ3) is 2.35. The summed E-state index contributed by atoms with van der Waals surface area (Å²) >= 11 is 6.32. The summed E-state index contributed by atoms with van der Waals surface area (Å²) in [7, 11) is 0. The quantitative estimate of drug-likeness (QED) is 0.924. The SMILES string of the molecule is CC(c1cc(Cl)c2cccnc2c1O)N1CCOCC1. The fraction of sp³-hybridized carbons (Fsp3) is 0.400. The van der Waals surface area contributed by atoms with Gasteiger partial charge in [-0.2, -0.15) is 0 Å². The molecule has 1 fully saturated rings. The number of benzene rings is 1. The molecule has 1 aromatic heterocycles. The third-order valence-corrected chi connectivity index (χ3v) is 4.20. The average molecular weight is 293 g/mol. The lowest BCUT2D eigenvalue weighted by atomic mass is 10.0. The molecule has 3 rings (SSSR count). The van der Waals surface area contributed by atoms with Crippen LogP contribution in [0, 0.1) is 0 Å². The van der Waals surface area contributed by atoms with Gasteiger partial charge >= 0.3 is 0 Å². The van der Waals surface area contributed by atoms with E-state index in [9.17, 15) is 5.11 Å². The van der Waals surface area contributed by atoms with Crippen molar-refractivity contribution in [2.24, 2.45) is 0 Å². The van der Waals surface area contributed by atoms with Crippen LogP contribution in [0.5, 0.6) is 5.75 Å². The van der Waals surface area contributed by atoms with Gasteiger partial charge in [-0.3, -0.25) is 9.88 Å². The minimum atomic E-state index is 0.0859. The van der Waals surface area contributed by atoms with Crippen LogP contribution >= 0.6 is 11.6 Å². The Morgan fingerprint density at radius 1 is 1.40 bits per heavy atom. The van der Waals surface area contributed by atoms with Crippen LogP contribution in [0.2, 0.25) is 5.02 Å². The standard InChI is InChI=1S/C15H17ClN2O2/c1-10(18-5-7-20-8-6-18)12-9-13(16)11-3-2-4-17-14(11)15(12)19/h2-4,9-10,19H,5-8H2,1H3. The van der Waals surface area contributed by atoms with Crippen LogP contribution in [-0.2, 0) is 4.74 Å². The number of ether oxygens (including phenoxy) is 1. The number of fused-ring (bicyclic) bond motifs is 1. The number of hydrogen-bond acceptors (Lipinski definition) is 4. The molecule has 0 spiro atoms. The first kappa shape index (κ1) is 13.6. The first-order chi connectivity index (χ1) is 9.68. The molecule has 1 N–H and O–H groups in total. The molecule has 0 saturated carbocycles. The highest BCUT2D eigenvalue weighted by molar-refractivity contribution is 6.35. The van der Waals surface area contributed by atoms with Crippen LogP contribution in [0.1, 0.15) is 18.5 Å². The molecule has 2 aromatic rings. The van der Waals surface area contributed by atoms with Crippen molar-refractivity contribution in [3.05, 3.63) is 35.0 Å². The van der Waals surface area contributed by atoms with E-state index in [1.54, 1.807) is 6.20 Å². The van der Waals surface area contributed by atoms with E-state index in [-0.39, 0.29) is 11.8 Å². The van der Waals surface area contributed by atoms with Crippen LogP contribution in [-0.4, -0.2) is 41.3 Å². The summed E-state index contributed by atoms with van der Waals surface area (Å²) in [5.74, 6) is 0.226. The predicted molar refractivity (Wildman–Crippen MR) is 79.2 cm³/mol. The Bertz CT molecular complexity index is 627. The summed E-state index contributed by atoms with van der Waals surface area (Å²) in [6.07, 6.45) is 1.67. The number of pyridine rings is 1. The first-order valence-corrected chi connectivity index (χ1v) is 7.14. The molecular weight excluding hydrogens is 276 g/mol. The molecule has 0 radical (unpaired) electrons. The molecule has 0 bridgehead atoms. The van der Waals surface area contributed by atoms with E-state index in [0.717, 1.165) is 37.3 Å². The van der Waals surface area contributed by atoms with Crippen LogP contribution in [0.4, 0.5) is 0 Å². The van der Waals surface area contributed by atoms with Crippen molar-refractivity contribution in [2.75, 3.05) is 26.3 Å². The van der Waals surface area contributed by atoms with Gasteiger partial charge in [0.2, 0.25) is 0 Å². The van der Waals surface area contributed by atoms with Gasteiger partial charge in [-0.05, 0) is 25.1 Å². The smallest absolute Gasteiger partial charge is 0.146 e. The Morgan fingerprint density at radius 2 is 2.15 bits per heavy atom. The van der Waals surface area contributed by atoms with Gasteiger partial charge in [0, 0.05) is 36.3 Å². The molecule has 1 atom stereocenters. The Labute approximate surface area is 122 Å². The van der Waals surface area contributed by atoms with Gasteiger partial charge in [-0.1, -0.05) is 11.6 Å². The molecule has 0 aliphatic carbocycles. The number of morpholine rings is 1. The second-order valence-electron chi connectivity index (χ2n) is 5.02. The number of nitrogens with zero attached hydrogens (tertiary/aromatic N) is 2. The normalized spacial score (nSPS) is 18.3. The average Bonchev–Trinajstić information content (AvgIpc) is 2.51. The molecule has 1 aliphatic rings. The van der Waals surface area contributed by atoms with Crippen LogP contribution in [0.3, 0.4) is 0 Å². The minimum absolute atomic E-state index is 0.0859. The Balaban J connectivity index is 2.04. The lowest BCUT2D eigenvalue weighted by molar-refractivity contribution is 0.0195. The van der Waals surface area contributed by atoms with Gasteiger partial charge in [-0.25, -0.2) is 0 Å². The third-order valence-electron chi connectivity index (χ3n) is 3.89. The number of phenolic OH excluding ortho intramolecular Hbond substituents is 1. The summed E-state index contributed by atoms with van der Waals surface area (Å²) in [4.78, 5) is 6.53. The Hall–Kier alpha value is -1.36. The second-order valence-corrected chi connectivity index (χ2v) is 5.43. The zero-order valence-electron chi connectivity index (χ0n) is 11.3. The van der Waals surface area contributed by atoms with Gasteiger partial charge < -0.3 is 9.84 Å². The molecular formula is C15H17ClN2O2. The predicted octanol–water partition coefficient (Wildman–Crippen LogP) is 2.99. The van der Waals surface area contributed by atoms with E-state index in [0.29, 0.717) is 10.5 Å². The van der Waals surface area contributed by atoms with Gasteiger partial charge in [0.1, 0.15) is 11.3 Å². The van der Waals surface area contributed by atoms with E-state index < -0.39 is 0 Å². The second kappa shape index (κ2) is 5.56. The molecule has 4 nitrogen and oxygen atoms in total. The highest BCUT2D eigenvalue weighted by Gasteiger charge is 2.23. The van der Waals surface area contributed by atoms with Crippen molar-refractivity contribution in [2.45, 2.75) is 13.0 Å². The highest BCUT2D eigenvalue weighted by Crippen LogP contribution is 2.37. The summed E-state index contributed by atoms with van der Waals surface area (Å²) in [6.45, 7) is 5.25. The minimum Gasteiger partial charge on any atom is -0.505 e. The molecule has 20 heavy (non-hydrogen) atoms. The fourth-order valence-corrected chi connectivity index (χ4v) is 2.96. The number of phenols is 1. The van der Waals surface area contributed by atoms with Crippen molar-refractivity contribution in [1.82, 2.24) is 9.88 Å². The lowest BCUT2D eigenvalue weighted by Gasteiger charge is -2.33. The summed E-state index contributed by atoms with van der Waals surface area (Å²) in [5.41, 5.74) is 1.39. The van der Waals surface area contributed by atoms with E-state index in [4.69, 9.17) is 16.3 Å². The largest absolute Gasteiger partial charge is 0.505 e. The van der Waals surface area contributed by atoms with Crippen molar-refractivity contribution in [3.8, 4) is 5.75 Å². The Morgan fingerprint density at radius 3 is 2.90 bits per heavy atom. The number of aromatic nitrogens is 1. The number of aromatic hydroxyl groups is 1. The molecule has 1 saturated heterocycles. The van der Waals surface area contributed by atoms with Crippen LogP contribution in [0.25, 0.3) is 10.9 Å². The first-order valence-electron chi connectivity index (χ1n) is 6.76. The maximum absolute atomic E-state index is 10.5. The van der Waals surface area contributed by atoms with Crippen LogP contribution in [0.15, 0.2) is 24.4 Å². The van der Waals surface area contributed by atoms with Gasteiger partial charge in [0.25, 0.3) is 0 Å². The summed E-state index contributed by atoms with van der Waals surface area (Å²) < 4.78 is 5.37. The van der Waals surface area contributed by atoms with Gasteiger partial charge in [0.15, 0.2) is 0 Å². The lowest BCUT2D eigenvalue weighted by Crippen LogP contribution is -2.38. The number of rotatable bonds is 2. The zero-order chi connectivity index (χ0) is 14.1. The van der Waals surface area contributed by atoms with E-state index in [1.165, 1.54) is 0 Å². The molecule has 1 aromatic carbocycles. The summed E-state index contributed by atoms with van der Waals surface area (Å²) in [5, 5.41) is 11.9.